The SMILES string of the molecule is CN(CCOc1ccc(F)cc1)C(=O)n1ccnc1. The summed E-state index contributed by atoms with van der Waals surface area (Å²) in [6.07, 6.45) is 4.57. The molecule has 0 bridgehead atoms. The quantitative estimate of drug-likeness (QED) is 0.847. The number of likely N-dealkylation sites (N-methyl/N-ethyl adjacent to an activating group) is 1. The van der Waals surface area contributed by atoms with E-state index in [2.05, 4.69) is 4.98 Å². The Morgan fingerprint density at radius 1 is 1.42 bits per heavy atom. The molecular formula is C13H14FN3O2. The van der Waals surface area contributed by atoms with Gasteiger partial charge < -0.3 is 9.64 Å². The van der Waals surface area contributed by atoms with Gasteiger partial charge in [-0.1, -0.05) is 0 Å². The Bertz CT molecular complexity index is 525. The number of benzene rings is 1. The summed E-state index contributed by atoms with van der Waals surface area (Å²) in [6.45, 7) is 0.761. The van der Waals surface area contributed by atoms with Crippen LogP contribution < -0.4 is 4.74 Å². The molecule has 1 aromatic carbocycles. The number of rotatable bonds is 4. The molecule has 100 valence electrons. The fourth-order valence-electron chi connectivity index (χ4n) is 1.50. The van der Waals surface area contributed by atoms with Crippen LogP contribution in [0.4, 0.5) is 9.18 Å². The fourth-order valence-corrected chi connectivity index (χ4v) is 1.50. The number of nitrogens with zero attached hydrogens (tertiary/aromatic N) is 3. The molecule has 2 aromatic rings. The Morgan fingerprint density at radius 2 is 2.16 bits per heavy atom. The molecule has 0 N–H and O–H groups in total. The molecule has 0 saturated heterocycles. The van der Waals surface area contributed by atoms with Crippen LogP contribution in [0.1, 0.15) is 0 Å². The lowest BCUT2D eigenvalue weighted by Crippen LogP contribution is -2.33. The van der Waals surface area contributed by atoms with Gasteiger partial charge in [-0.25, -0.2) is 14.2 Å². The Kier molecular flexibility index (Phi) is 4.12. The summed E-state index contributed by atoms with van der Waals surface area (Å²) in [4.78, 5) is 17.2. The standard InChI is InChI=1S/C13H14FN3O2/c1-16(13(18)17-7-6-15-10-17)8-9-19-12-4-2-11(14)3-5-12/h2-7,10H,8-9H2,1H3. The van der Waals surface area contributed by atoms with Gasteiger partial charge in [0.15, 0.2) is 0 Å². The van der Waals surface area contributed by atoms with Gasteiger partial charge in [-0.05, 0) is 24.3 Å². The van der Waals surface area contributed by atoms with Crippen LogP contribution in [-0.2, 0) is 0 Å². The average molecular weight is 263 g/mol. The van der Waals surface area contributed by atoms with E-state index >= 15 is 0 Å². The van der Waals surface area contributed by atoms with Crippen LogP contribution >= 0.6 is 0 Å². The summed E-state index contributed by atoms with van der Waals surface area (Å²) >= 11 is 0. The Labute approximate surface area is 110 Å². The zero-order valence-electron chi connectivity index (χ0n) is 10.5. The van der Waals surface area contributed by atoms with Gasteiger partial charge in [-0.2, -0.15) is 0 Å². The maximum Gasteiger partial charge on any atom is 0.329 e. The van der Waals surface area contributed by atoms with Crippen LogP contribution in [0.3, 0.4) is 0 Å². The van der Waals surface area contributed by atoms with E-state index < -0.39 is 0 Å². The zero-order valence-corrected chi connectivity index (χ0v) is 10.5. The van der Waals surface area contributed by atoms with Crippen molar-refractivity contribution in [3.8, 4) is 5.75 Å². The van der Waals surface area contributed by atoms with Crippen LogP contribution in [0.25, 0.3) is 0 Å². The average Bonchev–Trinajstić information content (AvgIpc) is 2.94. The van der Waals surface area contributed by atoms with Crippen LogP contribution in [0.5, 0.6) is 5.75 Å². The molecule has 0 unspecified atom stereocenters. The molecule has 1 aromatic heterocycles. The molecule has 0 atom stereocenters. The fraction of sp³-hybridized carbons (Fsp3) is 0.231. The summed E-state index contributed by atoms with van der Waals surface area (Å²) in [7, 11) is 1.68. The van der Waals surface area contributed by atoms with Gasteiger partial charge in [0.25, 0.3) is 0 Å². The van der Waals surface area contributed by atoms with Crippen molar-refractivity contribution in [3.05, 3.63) is 48.8 Å². The van der Waals surface area contributed by atoms with Gasteiger partial charge in [0.1, 0.15) is 24.5 Å². The monoisotopic (exact) mass is 263 g/mol. The van der Waals surface area contributed by atoms with E-state index in [1.54, 1.807) is 31.6 Å². The lowest BCUT2D eigenvalue weighted by atomic mass is 10.3. The minimum Gasteiger partial charge on any atom is -0.492 e. The predicted octanol–water partition coefficient (Wildman–Crippen LogP) is 2.00. The molecule has 0 aliphatic rings. The number of hydrogen-bond donors (Lipinski definition) is 0. The molecule has 1 heterocycles. The van der Waals surface area contributed by atoms with Gasteiger partial charge >= 0.3 is 6.03 Å². The smallest absolute Gasteiger partial charge is 0.329 e. The van der Waals surface area contributed by atoms with Crippen molar-refractivity contribution in [1.82, 2.24) is 14.5 Å². The van der Waals surface area contributed by atoms with Gasteiger partial charge in [-0.3, -0.25) is 4.57 Å². The van der Waals surface area contributed by atoms with E-state index in [0.29, 0.717) is 18.9 Å². The van der Waals surface area contributed by atoms with E-state index in [4.69, 9.17) is 4.74 Å². The summed E-state index contributed by atoms with van der Waals surface area (Å²) in [6, 6.07) is 5.58. The normalized spacial score (nSPS) is 10.2. The first-order valence-corrected chi connectivity index (χ1v) is 5.78. The number of hydrogen-bond acceptors (Lipinski definition) is 3. The van der Waals surface area contributed by atoms with E-state index in [-0.39, 0.29) is 11.8 Å². The van der Waals surface area contributed by atoms with Crippen molar-refractivity contribution in [1.29, 1.82) is 0 Å². The predicted molar refractivity (Wildman–Crippen MR) is 67.5 cm³/mol. The third-order valence-electron chi connectivity index (χ3n) is 2.56. The summed E-state index contributed by atoms with van der Waals surface area (Å²) < 4.78 is 19.5. The second kappa shape index (κ2) is 5.99. The highest BCUT2D eigenvalue weighted by Gasteiger charge is 2.09. The number of aromatic nitrogens is 2. The molecule has 0 fully saturated rings. The minimum absolute atomic E-state index is 0.180. The van der Waals surface area contributed by atoms with Crippen LogP contribution in [-0.4, -0.2) is 40.7 Å². The van der Waals surface area contributed by atoms with Crippen LogP contribution in [0.15, 0.2) is 43.0 Å². The zero-order chi connectivity index (χ0) is 13.7. The maximum absolute atomic E-state index is 12.7. The Hall–Kier alpha value is -2.37. The van der Waals surface area contributed by atoms with Crippen molar-refractivity contribution in [2.24, 2.45) is 0 Å². The van der Waals surface area contributed by atoms with E-state index in [1.807, 2.05) is 0 Å². The van der Waals surface area contributed by atoms with E-state index in [9.17, 15) is 9.18 Å². The maximum atomic E-state index is 12.7. The first kappa shape index (κ1) is 13.1. The molecule has 2 rings (SSSR count). The second-order valence-electron chi connectivity index (χ2n) is 3.98. The number of imidazole rings is 1. The third-order valence-corrected chi connectivity index (χ3v) is 2.56. The van der Waals surface area contributed by atoms with Crippen molar-refractivity contribution < 1.29 is 13.9 Å². The molecule has 0 spiro atoms. The molecule has 19 heavy (non-hydrogen) atoms. The molecule has 0 radical (unpaired) electrons. The van der Waals surface area contributed by atoms with E-state index in [0.717, 1.165) is 0 Å². The van der Waals surface area contributed by atoms with Crippen molar-refractivity contribution in [2.45, 2.75) is 0 Å². The second-order valence-corrected chi connectivity index (χ2v) is 3.98. The third kappa shape index (κ3) is 3.54. The first-order valence-electron chi connectivity index (χ1n) is 5.78. The summed E-state index contributed by atoms with van der Waals surface area (Å²) in [5.74, 6) is 0.268. The molecule has 1 amide bonds. The van der Waals surface area contributed by atoms with Crippen LogP contribution in [0, 0.1) is 5.82 Å². The Morgan fingerprint density at radius 3 is 2.79 bits per heavy atom. The molecule has 0 aliphatic carbocycles. The number of halogens is 1. The highest BCUT2D eigenvalue weighted by molar-refractivity contribution is 5.76. The highest BCUT2D eigenvalue weighted by Crippen LogP contribution is 2.10. The Balaban J connectivity index is 1.79. The first-order chi connectivity index (χ1) is 9.16. The van der Waals surface area contributed by atoms with Gasteiger partial charge in [0.05, 0.1) is 6.54 Å². The van der Waals surface area contributed by atoms with Crippen LogP contribution in [0.2, 0.25) is 0 Å². The van der Waals surface area contributed by atoms with Gasteiger partial charge in [-0.15, -0.1) is 0 Å². The molecular weight excluding hydrogens is 249 g/mol. The molecule has 5 nitrogen and oxygen atoms in total. The van der Waals surface area contributed by atoms with Crippen molar-refractivity contribution in [2.75, 3.05) is 20.2 Å². The summed E-state index contributed by atoms with van der Waals surface area (Å²) in [5, 5.41) is 0. The number of carbonyl (C=O) groups is 1. The summed E-state index contributed by atoms with van der Waals surface area (Å²) in [5.41, 5.74) is 0. The number of ether oxygens (including phenoxy) is 1. The van der Waals surface area contributed by atoms with E-state index in [1.165, 1.54) is 27.9 Å². The highest BCUT2D eigenvalue weighted by atomic mass is 19.1. The molecule has 0 aliphatic heterocycles. The molecule has 0 saturated carbocycles. The topological polar surface area (TPSA) is 47.4 Å². The largest absolute Gasteiger partial charge is 0.492 e. The molecule has 6 heteroatoms. The van der Waals surface area contributed by atoms with Gasteiger partial charge in [0.2, 0.25) is 0 Å². The van der Waals surface area contributed by atoms with Crippen molar-refractivity contribution >= 4 is 6.03 Å². The number of amides is 1. The minimum atomic E-state index is -0.306. The lowest BCUT2D eigenvalue weighted by Gasteiger charge is -2.17. The van der Waals surface area contributed by atoms with Crippen molar-refractivity contribution in [3.63, 3.8) is 0 Å². The lowest BCUT2D eigenvalue weighted by molar-refractivity contribution is 0.197. The van der Waals surface area contributed by atoms with Gasteiger partial charge in [0, 0.05) is 19.4 Å². The number of carbonyl (C=O) groups excluding carboxylic acids is 1.